The van der Waals surface area contributed by atoms with Gasteiger partial charge in [-0.05, 0) is 54.7 Å². The number of rotatable bonds is 3. The van der Waals surface area contributed by atoms with Crippen LogP contribution in [0.1, 0.15) is 52.2 Å². The second-order valence-electron chi connectivity index (χ2n) is 6.83. The minimum atomic E-state index is -0.325. The molecule has 0 amide bonds. The predicted octanol–water partition coefficient (Wildman–Crippen LogP) is 3.80. The SMILES string of the molecule is CCO.COc1ccc(C(O)C2CC(C(C)(C)C)C2)cc1. The monoisotopic (exact) mass is 294 g/mol. The Hall–Kier alpha value is -1.06. The van der Waals surface area contributed by atoms with Gasteiger partial charge < -0.3 is 14.9 Å². The Bertz CT molecular complexity index is 399. The molecule has 3 heteroatoms. The zero-order chi connectivity index (χ0) is 16.0. The van der Waals surface area contributed by atoms with Gasteiger partial charge in [-0.15, -0.1) is 0 Å². The van der Waals surface area contributed by atoms with E-state index in [1.54, 1.807) is 14.0 Å². The van der Waals surface area contributed by atoms with Gasteiger partial charge in [-0.2, -0.15) is 0 Å². The Labute approximate surface area is 129 Å². The van der Waals surface area contributed by atoms with E-state index in [-0.39, 0.29) is 12.7 Å². The van der Waals surface area contributed by atoms with Gasteiger partial charge >= 0.3 is 0 Å². The lowest BCUT2D eigenvalue weighted by Gasteiger charge is -2.45. The Morgan fingerprint density at radius 2 is 1.67 bits per heavy atom. The highest BCUT2D eigenvalue weighted by Crippen LogP contribution is 2.49. The number of aliphatic hydroxyl groups excluding tert-OH is 2. The first-order chi connectivity index (χ1) is 9.83. The van der Waals surface area contributed by atoms with Crippen LogP contribution < -0.4 is 4.74 Å². The maximum Gasteiger partial charge on any atom is 0.118 e. The molecule has 1 fully saturated rings. The van der Waals surface area contributed by atoms with Crippen LogP contribution in [-0.4, -0.2) is 23.9 Å². The number of methoxy groups -OCH3 is 1. The van der Waals surface area contributed by atoms with Crippen LogP contribution in [0.5, 0.6) is 5.75 Å². The summed E-state index contributed by atoms with van der Waals surface area (Å²) in [6.45, 7) is 8.79. The van der Waals surface area contributed by atoms with Crippen molar-refractivity contribution in [3.63, 3.8) is 0 Å². The molecule has 0 aliphatic heterocycles. The van der Waals surface area contributed by atoms with Crippen LogP contribution in [0, 0.1) is 17.3 Å². The van der Waals surface area contributed by atoms with Crippen molar-refractivity contribution in [1.82, 2.24) is 0 Å². The Morgan fingerprint density at radius 1 is 1.19 bits per heavy atom. The molecule has 0 spiro atoms. The number of aliphatic hydroxyl groups is 2. The van der Waals surface area contributed by atoms with Crippen molar-refractivity contribution in [1.29, 1.82) is 0 Å². The molecule has 1 aliphatic rings. The zero-order valence-corrected chi connectivity index (χ0v) is 14.0. The van der Waals surface area contributed by atoms with Crippen LogP contribution in [-0.2, 0) is 0 Å². The third kappa shape index (κ3) is 5.01. The number of benzene rings is 1. The van der Waals surface area contributed by atoms with Crippen LogP contribution in [0.4, 0.5) is 0 Å². The number of hydrogen-bond acceptors (Lipinski definition) is 3. The molecule has 2 N–H and O–H groups in total. The van der Waals surface area contributed by atoms with Gasteiger partial charge in [-0.3, -0.25) is 0 Å². The van der Waals surface area contributed by atoms with E-state index < -0.39 is 0 Å². The fraction of sp³-hybridized carbons (Fsp3) is 0.667. The molecule has 0 bridgehead atoms. The van der Waals surface area contributed by atoms with E-state index in [1.165, 1.54) is 0 Å². The van der Waals surface area contributed by atoms with Crippen LogP contribution in [0.3, 0.4) is 0 Å². The highest BCUT2D eigenvalue weighted by Gasteiger charge is 2.40. The summed E-state index contributed by atoms with van der Waals surface area (Å²) in [7, 11) is 1.66. The maximum absolute atomic E-state index is 10.3. The van der Waals surface area contributed by atoms with Gasteiger partial charge in [0.1, 0.15) is 5.75 Å². The summed E-state index contributed by atoms with van der Waals surface area (Å²) >= 11 is 0. The third-order valence-corrected chi connectivity index (χ3v) is 4.30. The molecule has 0 heterocycles. The van der Waals surface area contributed by atoms with Gasteiger partial charge in [-0.1, -0.05) is 32.9 Å². The standard InChI is InChI=1S/C16H24O2.C2H6O/c1-16(2,3)13-9-12(10-13)15(17)11-5-7-14(18-4)8-6-11;1-2-3/h5-8,12-13,15,17H,9-10H2,1-4H3;3H,2H2,1H3. The number of hydrogen-bond donors (Lipinski definition) is 2. The quantitative estimate of drug-likeness (QED) is 0.891. The Kier molecular flexibility index (Phi) is 6.69. The van der Waals surface area contributed by atoms with Crippen molar-refractivity contribution in [2.45, 2.75) is 46.6 Å². The maximum atomic E-state index is 10.3. The average molecular weight is 294 g/mol. The van der Waals surface area contributed by atoms with Gasteiger partial charge in [0.05, 0.1) is 13.2 Å². The van der Waals surface area contributed by atoms with Gasteiger partial charge in [-0.25, -0.2) is 0 Å². The zero-order valence-electron chi connectivity index (χ0n) is 14.0. The first kappa shape index (κ1) is 18.0. The summed E-state index contributed by atoms with van der Waals surface area (Å²) in [5.74, 6) is 2.00. The molecule has 21 heavy (non-hydrogen) atoms. The molecule has 120 valence electrons. The lowest BCUT2D eigenvalue weighted by atomic mass is 9.61. The molecule has 1 atom stereocenters. The fourth-order valence-electron chi connectivity index (χ4n) is 2.70. The Morgan fingerprint density at radius 3 is 2.05 bits per heavy atom. The largest absolute Gasteiger partial charge is 0.497 e. The second-order valence-corrected chi connectivity index (χ2v) is 6.83. The van der Waals surface area contributed by atoms with E-state index in [9.17, 15) is 5.11 Å². The Balaban J connectivity index is 0.000000677. The molecule has 3 nitrogen and oxygen atoms in total. The normalized spacial score (nSPS) is 22.6. The molecule has 0 radical (unpaired) electrons. The number of ether oxygens (including phenoxy) is 1. The summed E-state index contributed by atoms with van der Waals surface area (Å²) in [5, 5.41) is 17.9. The van der Waals surface area contributed by atoms with E-state index in [4.69, 9.17) is 9.84 Å². The molecule has 1 aliphatic carbocycles. The average Bonchev–Trinajstić information content (AvgIpc) is 2.36. The van der Waals surface area contributed by atoms with E-state index in [0.29, 0.717) is 11.3 Å². The van der Waals surface area contributed by atoms with Crippen molar-refractivity contribution in [3.05, 3.63) is 29.8 Å². The van der Waals surface area contributed by atoms with Crippen molar-refractivity contribution in [2.75, 3.05) is 13.7 Å². The van der Waals surface area contributed by atoms with Gasteiger partial charge in [0.25, 0.3) is 0 Å². The second kappa shape index (κ2) is 7.81. The van der Waals surface area contributed by atoms with E-state index in [1.807, 2.05) is 24.3 Å². The third-order valence-electron chi connectivity index (χ3n) is 4.30. The molecule has 1 aromatic carbocycles. The van der Waals surface area contributed by atoms with Crippen LogP contribution in [0.25, 0.3) is 0 Å². The summed E-state index contributed by atoms with van der Waals surface area (Å²) in [4.78, 5) is 0. The molecule has 2 rings (SSSR count). The van der Waals surface area contributed by atoms with Crippen molar-refractivity contribution < 1.29 is 14.9 Å². The van der Waals surface area contributed by atoms with E-state index in [0.717, 1.165) is 30.1 Å². The first-order valence-electron chi connectivity index (χ1n) is 7.76. The molecule has 1 unspecified atom stereocenters. The molecule has 0 saturated heterocycles. The topological polar surface area (TPSA) is 49.7 Å². The van der Waals surface area contributed by atoms with E-state index in [2.05, 4.69) is 20.8 Å². The van der Waals surface area contributed by atoms with Crippen LogP contribution >= 0.6 is 0 Å². The molecule has 1 saturated carbocycles. The van der Waals surface area contributed by atoms with Gasteiger partial charge in [0.15, 0.2) is 0 Å². The summed E-state index contributed by atoms with van der Waals surface area (Å²) in [6.07, 6.45) is 1.95. The first-order valence-corrected chi connectivity index (χ1v) is 7.76. The highest BCUT2D eigenvalue weighted by molar-refractivity contribution is 5.29. The highest BCUT2D eigenvalue weighted by atomic mass is 16.5. The molecular formula is C18H30O3. The molecular weight excluding hydrogens is 264 g/mol. The van der Waals surface area contributed by atoms with Crippen molar-refractivity contribution in [3.8, 4) is 5.75 Å². The van der Waals surface area contributed by atoms with Crippen LogP contribution in [0.2, 0.25) is 0 Å². The van der Waals surface area contributed by atoms with Crippen molar-refractivity contribution >= 4 is 0 Å². The lowest BCUT2D eigenvalue weighted by molar-refractivity contribution is -0.0147. The minimum absolute atomic E-state index is 0.250. The van der Waals surface area contributed by atoms with Crippen LogP contribution in [0.15, 0.2) is 24.3 Å². The fourth-order valence-corrected chi connectivity index (χ4v) is 2.70. The summed E-state index contributed by atoms with van der Waals surface area (Å²) < 4.78 is 5.13. The van der Waals surface area contributed by atoms with Gasteiger partial charge in [0, 0.05) is 6.61 Å². The van der Waals surface area contributed by atoms with Gasteiger partial charge in [0.2, 0.25) is 0 Å². The van der Waals surface area contributed by atoms with E-state index >= 15 is 0 Å². The summed E-state index contributed by atoms with van der Waals surface area (Å²) in [5.41, 5.74) is 1.38. The molecule has 1 aromatic rings. The van der Waals surface area contributed by atoms with Crippen molar-refractivity contribution in [2.24, 2.45) is 17.3 Å². The minimum Gasteiger partial charge on any atom is -0.497 e. The lowest BCUT2D eigenvalue weighted by Crippen LogP contribution is -2.36. The smallest absolute Gasteiger partial charge is 0.118 e. The molecule has 0 aromatic heterocycles. The predicted molar refractivity (Wildman–Crippen MR) is 86.4 cm³/mol. The summed E-state index contributed by atoms with van der Waals surface area (Å²) in [6, 6.07) is 7.76.